The van der Waals surface area contributed by atoms with E-state index in [4.69, 9.17) is 10.00 Å². The van der Waals surface area contributed by atoms with E-state index in [0.29, 0.717) is 5.56 Å². The maximum atomic E-state index is 11.8. The summed E-state index contributed by atoms with van der Waals surface area (Å²) in [7, 11) is 1.36. The van der Waals surface area contributed by atoms with E-state index in [0.717, 1.165) is 16.7 Å². The first-order chi connectivity index (χ1) is 11.6. The molecule has 0 spiro atoms. The van der Waals surface area contributed by atoms with Gasteiger partial charge in [0.15, 0.2) is 5.78 Å². The minimum atomic E-state index is -1.16. The fraction of sp³-hybridized carbons (Fsp3) is 0.211. The van der Waals surface area contributed by atoms with E-state index in [2.05, 4.69) is 6.07 Å². The summed E-state index contributed by atoms with van der Waals surface area (Å²) in [5.41, 5.74) is 3.00. The lowest BCUT2D eigenvalue weighted by atomic mass is 9.93. The van der Waals surface area contributed by atoms with Gasteiger partial charge in [0.1, 0.15) is 12.5 Å². The number of benzene rings is 2. The van der Waals surface area contributed by atoms with E-state index in [-0.39, 0.29) is 13.0 Å². The number of rotatable bonds is 7. The van der Waals surface area contributed by atoms with Gasteiger partial charge in [-0.05, 0) is 29.2 Å². The van der Waals surface area contributed by atoms with E-state index in [1.165, 1.54) is 7.11 Å². The molecule has 0 aliphatic heterocycles. The highest BCUT2D eigenvalue weighted by Gasteiger charge is 2.26. The Morgan fingerprint density at radius 3 is 2.42 bits per heavy atom. The van der Waals surface area contributed by atoms with Crippen molar-refractivity contribution in [2.24, 2.45) is 5.92 Å². The second-order valence-corrected chi connectivity index (χ2v) is 5.35. The number of nitriles is 1. The van der Waals surface area contributed by atoms with Crippen LogP contribution in [0.5, 0.6) is 0 Å². The number of carbonyl (C=O) groups is 2. The molecule has 122 valence electrons. The first-order valence-electron chi connectivity index (χ1n) is 7.39. The van der Waals surface area contributed by atoms with Crippen molar-refractivity contribution >= 4 is 11.8 Å². The van der Waals surface area contributed by atoms with Crippen LogP contribution in [0.2, 0.25) is 0 Å². The van der Waals surface area contributed by atoms with E-state index in [1.807, 2.05) is 24.3 Å². The third-order valence-corrected chi connectivity index (χ3v) is 3.73. The third kappa shape index (κ3) is 4.06. The molecule has 0 aliphatic carbocycles. The maximum Gasteiger partial charge on any atom is 0.314 e. The molecule has 0 heterocycles. The second kappa shape index (κ2) is 8.04. The summed E-state index contributed by atoms with van der Waals surface area (Å²) in [6.07, 6.45) is 0.109. The Bertz CT molecular complexity index is 775. The monoisotopic (exact) mass is 323 g/mol. The lowest BCUT2D eigenvalue weighted by Gasteiger charge is -2.11. The number of carbonyl (C=O) groups excluding carboxylic acids is 1. The summed E-state index contributed by atoms with van der Waals surface area (Å²) in [6, 6.07) is 16.6. The number of hydrogen-bond acceptors (Lipinski definition) is 4. The molecule has 5 nitrogen and oxygen atoms in total. The molecule has 2 aromatic rings. The van der Waals surface area contributed by atoms with Gasteiger partial charge in [0.2, 0.25) is 0 Å². The van der Waals surface area contributed by atoms with Crippen LogP contribution in [0.25, 0.3) is 11.1 Å². The SMILES string of the molecule is COCC(=O)C(Cc1ccc(-c2ccccc2C#N)cc1)C(=O)O. The lowest BCUT2D eigenvalue weighted by Crippen LogP contribution is -2.28. The number of nitrogens with zero attached hydrogens (tertiary/aromatic N) is 1. The van der Waals surface area contributed by atoms with E-state index in [1.54, 1.807) is 24.3 Å². The van der Waals surface area contributed by atoms with Gasteiger partial charge in [-0.2, -0.15) is 5.26 Å². The molecular formula is C19H17NO4. The molecule has 0 bridgehead atoms. The number of carboxylic acid groups (broad SMARTS) is 1. The summed E-state index contributed by atoms with van der Waals surface area (Å²) in [4.78, 5) is 23.1. The van der Waals surface area contributed by atoms with Crippen molar-refractivity contribution in [3.8, 4) is 17.2 Å². The molecule has 2 aromatic carbocycles. The topological polar surface area (TPSA) is 87.4 Å². The average Bonchev–Trinajstić information content (AvgIpc) is 2.60. The van der Waals surface area contributed by atoms with Gasteiger partial charge in [-0.1, -0.05) is 42.5 Å². The summed E-state index contributed by atoms with van der Waals surface area (Å²) in [6.45, 7) is -0.218. The second-order valence-electron chi connectivity index (χ2n) is 5.35. The predicted octanol–water partition coefficient (Wildman–Crippen LogP) is 2.68. The minimum Gasteiger partial charge on any atom is -0.481 e. The number of methoxy groups -OCH3 is 1. The number of ether oxygens (including phenoxy) is 1. The van der Waals surface area contributed by atoms with Crippen molar-refractivity contribution in [3.05, 3.63) is 59.7 Å². The molecular weight excluding hydrogens is 306 g/mol. The molecule has 0 amide bonds. The largest absolute Gasteiger partial charge is 0.481 e. The third-order valence-electron chi connectivity index (χ3n) is 3.73. The number of Topliss-reactive ketones (excluding diaryl/α,β-unsaturated/α-hetero) is 1. The Morgan fingerprint density at radius 2 is 1.83 bits per heavy atom. The quantitative estimate of drug-likeness (QED) is 0.792. The molecule has 1 unspecified atom stereocenters. The van der Waals surface area contributed by atoms with Crippen molar-refractivity contribution in [3.63, 3.8) is 0 Å². The van der Waals surface area contributed by atoms with Gasteiger partial charge in [-0.15, -0.1) is 0 Å². The van der Waals surface area contributed by atoms with Crippen LogP contribution in [-0.4, -0.2) is 30.6 Å². The van der Waals surface area contributed by atoms with Gasteiger partial charge in [-0.3, -0.25) is 9.59 Å². The van der Waals surface area contributed by atoms with Crippen LogP contribution in [0.4, 0.5) is 0 Å². The molecule has 0 aromatic heterocycles. The summed E-state index contributed by atoms with van der Waals surface area (Å²) < 4.78 is 4.73. The van der Waals surface area contributed by atoms with Crippen LogP contribution in [0.1, 0.15) is 11.1 Å². The smallest absolute Gasteiger partial charge is 0.314 e. The van der Waals surface area contributed by atoms with Gasteiger partial charge in [-0.25, -0.2) is 0 Å². The molecule has 24 heavy (non-hydrogen) atoms. The van der Waals surface area contributed by atoms with Crippen molar-refractivity contribution in [1.29, 1.82) is 5.26 Å². The van der Waals surface area contributed by atoms with Crippen LogP contribution >= 0.6 is 0 Å². The average molecular weight is 323 g/mol. The lowest BCUT2D eigenvalue weighted by molar-refractivity contribution is -0.147. The van der Waals surface area contributed by atoms with E-state index >= 15 is 0 Å². The standard InChI is InChI=1S/C19H17NO4/c1-24-12-18(21)17(19(22)23)10-13-6-8-14(9-7-13)16-5-3-2-4-15(16)11-20/h2-9,17H,10,12H2,1H3,(H,22,23). The number of hydrogen-bond donors (Lipinski definition) is 1. The Labute approximate surface area is 140 Å². The van der Waals surface area contributed by atoms with Crippen molar-refractivity contribution in [2.75, 3.05) is 13.7 Å². The molecule has 0 radical (unpaired) electrons. The Kier molecular flexibility index (Phi) is 5.83. The van der Waals surface area contributed by atoms with Crippen molar-refractivity contribution < 1.29 is 19.4 Å². The van der Waals surface area contributed by atoms with Gasteiger partial charge >= 0.3 is 5.97 Å². The molecule has 2 rings (SSSR count). The number of ketones is 1. The highest BCUT2D eigenvalue weighted by molar-refractivity contribution is 5.99. The number of carboxylic acids is 1. The predicted molar refractivity (Wildman–Crippen MR) is 88.3 cm³/mol. The van der Waals surface area contributed by atoms with Crippen LogP contribution < -0.4 is 0 Å². The van der Waals surface area contributed by atoms with Gasteiger partial charge < -0.3 is 9.84 Å². The zero-order valence-corrected chi connectivity index (χ0v) is 13.2. The number of aliphatic carboxylic acids is 1. The molecule has 0 saturated carbocycles. The zero-order chi connectivity index (χ0) is 17.5. The van der Waals surface area contributed by atoms with Gasteiger partial charge in [0.25, 0.3) is 0 Å². The van der Waals surface area contributed by atoms with Crippen LogP contribution in [-0.2, 0) is 20.7 Å². The molecule has 0 fully saturated rings. The first kappa shape index (κ1) is 17.4. The van der Waals surface area contributed by atoms with E-state index in [9.17, 15) is 14.7 Å². The van der Waals surface area contributed by atoms with Crippen LogP contribution in [0.15, 0.2) is 48.5 Å². The maximum absolute atomic E-state index is 11.8. The van der Waals surface area contributed by atoms with Crippen LogP contribution in [0.3, 0.4) is 0 Å². The fourth-order valence-corrected chi connectivity index (χ4v) is 2.47. The molecule has 1 atom stereocenters. The first-order valence-corrected chi connectivity index (χ1v) is 7.39. The molecule has 0 aliphatic rings. The van der Waals surface area contributed by atoms with Crippen LogP contribution in [0, 0.1) is 17.2 Å². The van der Waals surface area contributed by atoms with Crippen molar-refractivity contribution in [1.82, 2.24) is 0 Å². The Hall–Kier alpha value is -2.97. The Morgan fingerprint density at radius 1 is 1.17 bits per heavy atom. The minimum absolute atomic E-state index is 0.109. The highest BCUT2D eigenvalue weighted by atomic mass is 16.5. The summed E-state index contributed by atoms with van der Waals surface area (Å²) in [5, 5.41) is 18.4. The van der Waals surface area contributed by atoms with Crippen molar-refractivity contribution in [2.45, 2.75) is 6.42 Å². The normalized spacial score (nSPS) is 11.5. The Balaban J connectivity index is 2.21. The zero-order valence-electron chi connectivity index (χ0n) is 13.2. The summed E-state index contributed by atoms with van der Waals surface area (Å²) >= 11 is 0. The summed E-state index contributed by atoms with van der Waals surface area (Å²) in [5.74, 6) is -2.73. The molecule has 5 heteroatoms. The highest BCUT2D eigenvalue weighted by Crippen LogP contribution is 2.24. The fourth-order valence-electron chi connectivity index (χ4n) is 2.47. The van der Waals surface area contributed by atoms with Gasteiger partial charge in [0, 0.05) is 7.11 Å². The van der Waals surface area contributed by atoms with Gasteiger partial charge in [0.05, 0.1) is 11.6 Å². The van der Waals surface area contributed by atoms with E-state index < -0.39 is 17.7 Å². The molecule has 1 N–H and O–H groups in total. The molecule has 0 saturated heterocycles.